The van der Waals surface area contributed by atoms with Crippen molar-refractivity contribution in [2.45, 2.75) is 50.7 Å². The molecule has 21 rings (SSSR count). The highest BCUT2D eigenvalue weighted by Crippen LogP contribution is 2.42. The number of halogens is 14. The first-order valence-corrected chi connectivity index (χ1v) is 52.7. The van der Waals surface area contributed by atoms with E-state index >= 15 is 0 Å². The molecule has 0 spiro atoms. The van der Waals surface area contributed by atoms with E-state index < -0.39 is 10.0 Å². The van der Waals surface area contributed by atoms with E-state index in [2.05, 4.69) is 68.5 Å². The van der Waals surface area contributed by atoms with E-state index in [-0.39, 0.29) is 124 Å². The molecule has 0 fully saturated rings. The van der Waals surface area contributed by atoms with Gasteiger partial charge < -0.3 is 98.2 Å². The van der Waals surface area contributed by atoms with Gasteiger partial charge in [-0.25, -0.2) is 13.1 Å². The highest BCUT2D eigenvalue weighted by atomic mass is 79.9. The van der Waals surface area contributed by atoms with E-state index in [0.29, 0.717) is 170 Å². The summed E-state index contributed by atoms with van der Waals surface area (Å²) >= 11 is 80.9. The van der Waals surface area contributed by atoms with Gasteiger partial charge in [-0.05, 0) is 228 Å². The normalized spacial score (nSPS) is 12.6. The minimum absolute atomic E-state index is 0.0747. The molecule has 7 N–H and O–H groups in total. The predicted molar refractivity (Wildman–Crippen MR) is 570 cm³/mol. The lowest BCUT2D eigenvalue weighted by Crippen LogP contribution is -2.23. The number of carbonyl (C=O) groups is 6. The van der Waals surface area contributed by atoms with Crippen molar-refractivity contribution >= 4 is 239 Å². The van der Waals surface area contributed by atoms with Crippen molar-refractivity contribution in [2.75, 3.05) is 54.0 Å². The van der Waals surface area contributed by atoms with Crippen molar-refractivity contribution in [1.29, 1.82) is 0 Å². The molecular weight excluding hydrogens is 2340 g/mol. The largest absolute Gasteiger partial charge is 0.486 e. The van der Waals surface area contributed by atoms with Crippen molar-refractivity contribution in [3.63, 3.8) is 0 Å². The number of amides is 6. The van der Waals surface area contributed by atoms with Crippen LogP contribution < -0.4 is 103 Å². The Morgan fingerprint density at radius 3 is 0.946 bits per heavy atom. The van der Waals surface area contributed by atoms with Gasteiger partial charge in [0.15, 0.2) is 80.5 Å². The number of sulfonamides is 1. The van der Waals surface area contributed by atoms with Gasteiger partial charge in [0, 0.05) is 65.2 Å². The van der Waals surface area contributed by atoms with Gasteiger partial charge in [-0.3, -0.25) is 28.8 Å². The van der Waals surface area contributed by atoms with E-state index in [4.69, 9.17) is 206 Å². The Labute approximate surface area is 925 Å². The van der Waals surface area contributed by atoms with Gasteiger partial charge >= 0.3 is 0 Å². The Bertz CT molecular complexity index is 7310. The second-order valence-electron chi connectivity index (χ2n) is 30.9. The number of carbonyl (C=O) groups excluding carboxylic acids is 6. The maximum Gasteiger partial charge on any atom is 0.262 e. The van der Waals surface area contributed by atoms with Gasteiger partial charge in [0.05, 0.1) is 78.0 Å². The average molecular weight is 2420 g/mol. The van der Waals surface area contributed by atoms with Crippen LogP contribution >= 0.6 is 194 Å². The van der Waals surface area contributed by atoms with Gasteiger partial charge in [-0.2, -0.15) is 0 Å². The molecule has 14 aromatic rings. The van der Waals surface area contributed by atoms with Gasteiger partial charge in [-0.1, -0.05) is 206 Å². The van der Waals surface area contributed by atoms with Crippen LogP contribution in [0.5, 0.6) is 80.5 Å². The molecule has 0 saturated carbocycles. The van der Waals surface area contributed by atoms with E-state index in [1.54, 1.807) is 90.3 Å². The first kappa shape index (κ1) is 110. The molecule has 7 aliphatic heterocycles. The zero-order valence-corrected chi connectivity index (χ0v) is 90.2. The molecule has 2 aromatic heterocycles. The fraction of sp³-hybridized carbons (Fsp3) is 0.149. The van der Waals surface area contributed by atoms with Gasteiger partial charge in [0.1, 0.15) is 27.3 Å². The smallest absolute Gasteiger partial charge is 0.262 e. The number of thiophene rings is 2. The van der Waals surface area contributed by atoms with Crippen molar-refractivity contribution in [1.82, 2.24) is 36.6 Å². The fourth-order valence-corrected chi connectivity index (χ4v) is 21.8. The third kappa shape index (κ3) is 29.3. The standard InChI is InChI=1S/C16H13Cl2NO3.C15H11BrClNO3.C15H10Cl3NO3.C15H11Cl2NO3.C14H11Cl2NO4S.C13H10BrNO3S.C13H9Cl2NO3S/c17-11-2-1-3-12(18)15(11)16(20)19-9-10-4-5-13-14(8-10)22-7-6-21-13;16-10-2-1-3-11(17)14(10)15(19)18-7-9-4-5-12-13(6-9)21-8-20-12;16-9-4-10(17)14(11(18)5-9)15(20)19-6-8-1-2-12-13(3-8)22-7-21-12;16-11-3-1-2-10(14(11)17)15(19)18-7-9-4-5-12-13(6-9)21-8-20-12;15-10-2-1-3-11(16)14(10)22(18,19)17-7-9-4-5-12-13(6-9)21-8-20-12;14-9-3-4-19-12(9)13(16)15-6-8-1-2-10-11(5-8)18-7-17-10;14-8-5-20-12(15)11(8)13(17)16-4-7-1-2-9-10(3-7)19-6-18-9/h1-5,8H,6-7,9H2,(H,19,20);1-6H,7-8H2,(H,18,19);1-5H,6-7H2,(H,19,20);1-6H,7-8H2,(H,18,19);1-6,17H,7-8H2;1-5H,6-7H2,(H,15,16);1-3,5H,4,6H2,(H,16,17). The molecular formula is C101H75Br2Cl12N7O22S3. The van der Waals surface area contributed by atoms with E-state index in [1.807, 2.05) is 115 Å². The summed E-state index contributed by atoms with van der Waals surface area (Å²) in [6.07, 6.45) is 0. The van der Waals surface area contributed by atoms with E-state index in [9.17, 15) is 37.2 Å². The van der Waals surface area contributed by atoms with Crippen LogP contribution in [0.1, 0.15) is 100 Å². The number of hydrogen-bond acceptors (Lipinski definition) is 24. The highest BCUT2D eigenvalue weighted by Gasteiger charge is 2.28. The molecule has 147 heavy (non-hydrogen) atoms. The lowest BCUT2D eigenvalue weighted by atomic mass is 10.1. The minimum atomic E-state index is -3.82. The summed E-state index contributed by atoms with van der Waals surface area (Å²) in [5.74, 6) is 8.10. The summed E-state index contributed by atoms with van der Waals surface area (Å²) < 4.78 is 103. The van der Waals surface area contributed by atoms with Gasteiger partial charge in [-0.15, -0.1) is 22.7 Å². The minimum Gasteiger partial charge on any atom is -0.486 e. The monoisotopic (exact) mass is 2410 g/mol. The second-order valence-corrected chi connectivity index (χ2v) is 41.2. The summed E-state index contributed by atoms with van der Waals surface area (Å²) in [4.78, 5) is 73.3. The van der Waals surface area contributed by atoms with Crippen LogP contribution in [0.15, 0.2) is 243 Å². The zero-order valence-electron chi connectivity index (χ0n) is 75.5. The Morgan fingerprint density at radius 2 is 0.578 bits per heavy atom. The van der Waals surface area contributed by atoms with Gasteiger partial charge in [0.25, 0.3) is 35.4 Å². The van der Waals surface area contributed by atoms with Crippen LogP contribution in [0.2, 0.25) is 59.6 Å². The molecule has 0 aliphatic carbocycles. The summed E-state index contributed by atoms with van der Waals surface area (Å²) in [5.41, 5.74) is 7.81. The molecule has 0 unspecified atom stereocenters. The van der Waals surface area contributed by atoms with Crippen molar-refractivity contribution in [3.8, 4) is 80.5 Å². The molecule has 0 saturated heterocycles. The second kappa shape index (κ2) is 52.0. The molecule has 0 bridgehead atoms. The molecule has 12 aromatic carbocycles. The summed E-state index contributed by atoms with van der Waals surface area (Å²) in [6.45, 7) is 4.69. The molecule has 762 valence electrons. The highest BCUT2D eigenvalue weighted by molar-refractivity contribution is 9.11. The van der Waals surface area contributed by atoms with Crippen LogP contribution in [-0.4, -0.2) is 97.8 Å². The van der Waals surface area contributed by atoms with Crippen LogP contribution in [0.4, 0.5) is 0 Å². The van der Waals surface area contributed by atoms with E-state index in [1.165, 1.54) is 46.9 Å². The zero-order chi connectivity index (χ0) is 104. The fourth-order valence-electron chi connectivity index (χ4n) is 14.0. The van der Waals surface area contributed by atoms with Crippen LogP contribution in [-0.2, 0) is 55.8 Å². The first-order valence-electron chi connectivity index (χ1n) is 43.3. The van der Waals surface area contributed by atoms with Crippen molar-refractivity contribution < 1.29 is 104 Å². The van der Waals surface area contributed by atoms with Crippen LogP contribution in [0.25, 0.3) is 0 Å². The number of nitrogens with one attached hydrogen (secondary N) is 7. The van der Waals surface area contributed by atoms with Crippen LogP contribution in [0, 0.1) is 0 Å². The lowest BCUT2D eigenvalue weighted by molar-refractivity contribution is 0.0942. The number of hydrogen-bond donors (Lipinski definition) is 7. The van der Waals surface area contributed by atoms with Crippen molar-refractivity contribution in [3.05, 3.63) is 369 Å². The Morgan fingerprint density at radius 1 is 0.279 bits per heavy atom. The average Bonchev–Trinajstić information content (AvgIpc) is 1.55. The summed E-state index contributed by atoms with van der Waals surface area (Å²) in [7, 11) is -3.82. The quantitative estimate of drug-likeness (QED) is 0.0331. The number of fused-ring (bicyclic) bond motifs is 7. The number of ether oxygens (including phenoxy) is 14. The predicted octanol–water partition coefficient (Wildman–Crippen LogP) is 25.5. The SMILES string of the molecule is O=C(NCc1ccc2c(c1)OCCO2)c1c(Cl)cccc1Cl.O=C(NCc1ccc2c(c1)OCO2)c1c(Cl)cc(Cl)cc1Cl.O=C(NCc1ccc2c(c1)OCO2)c1c(Cl)cccc1Br.O=C(NCc1ccc2c(c1)OCO2)c1c(Cl)csc1Cl.O=C(NCc1ccc2c(c1)OCO2)c1cccc(Cl)c1Cl.O=C(NCc1ccc2c(c1)OCO2)c1sccc1Br.O=S(=O)(NCc1ccc2c(c1)OCO2)c1c(Cl)cccc1Cl. The molecule has 9 heterocycles. The molecule has 46 heteroatoms. The first-order chi connectivity index (χ1) is 70.8. The lowest BCUT2D eigenvalue weighted by Gasteiger charge is -2.19. The molecule has 7 aliphatic rings. The van der Waals surface area contributed by atoms with Gasteiger partial charge in [0.2, 0.25) is 50.8 Å². The molecule has 0 atom stereocenters. The van der Waals surface area contributed by atoms with Crippen LogP contribution in [0.3, 0.4) is 0 Å². The Balaban J connectivity index is 0.000000129. The Hall–Kier alpha value is -11.6. The topological polar surface area (TPSA) is 350 Å². The maximum absolute atomic E-state index is 12.3. The molecule has 6 amide bonds. The Kier molecular flexibility index (Phi) is 38.8. The maximum atomic E-state index is 12.3. The molecule has 0 radical (unpaired) electrons. The number of rotatable bonds is 22. The molecule has 29 nitrogen and oxygen atoms in total. The summed E-state index contributed by atoms with van der Waals surface area (Å²) in [6, 6.07) is 63.0. The van der Waals surface area contributed by atoms with E-state index in [0.717, 1.165) is 66.4 Å². The third-order valence-corrected chi connectivity index (χ3v) is 30.2. The number of benzene rings is 12. The summed E-state index contributed by atoms with van der Waals surface area (Å²) in [5, 5.41) is 23.3. The third-order valence-electron chi connectivity index (χ3n) is 21.2. The van der Waals surface area contributed by atoms with Crippen molar-refractivity contribution in [2.24, 2.45) is 0 Å².